The molecule has 0 saturated carbocycles. The van der Waals surface area contributed by atoms with Gasteiger partial charge in [-0.1, -0.05) is 60.7 Å². The van der Waals surface area contributed by atoms with Crippen molar-refractivity contribution in [1.29, 1.82) is 0 Å². The van der Waals surface area contributed by atoms with E-state index in [1.165, 1.54) is 0 Å². The van der Waals surface area contributed by atoms with E-state index in [2.05, 4.69) is 0 Å². The molecule has 4 heteroatoms. The van der Waals surface area contributed by atoms with Crippen LogP contribution in [-0.2, 0) is 24.4 Å². The molecule has 0 aliphatic carbocycles. The molecule has 0 saturated heterocycles. The molecule has 0 aliphatic rings. The number of carbonyl (C=O) groups is 1. The van der Waals surface area contributed by atoms with Crippen molar-refractivity contribution < 1.29 is 14.3 Å². The van der Waals surface area contributed by atoms with Gasteiger partial charge < -0.3 is 14.4 Å². The zero-order chi connectivity index (χ0) is 21.3. The highest BCUT2D eigenvalue weighted by molar-refractivity contribution is 5.94. The minimum atomic E-state index is -0.0174. The van der Waals surface area contributed by atoms with Gasteiger partial charge in [-0.25, -0.2) is 0 Å². The summed E-state index contributed by atoms with van der Waals surface area (Å²) in [4.78, 5) is 15.4. The number of benzene rings is 3. The van der Waals surface area contributed by atoms with Gasteiger partial charge in [-0.15, -0.1) is 0 Å². The van der Waals surface area contributed by atoms with Gasteiger partial charge in [-0.2, -0.15) is 0 Å². The molecule has 0 unspecified atom stereocenters. The maximum atomic E-state index is 13.5. The SMILES string of the molecule is COc1ccc(C(=O)N(Cc2ccccc2)Cc2ccccc2)cc1COC(C)C. The molecule has 0 aliphatic heterocycles. The number of ether oxygens (including phenoxy) is 2. The van der Waals surface area contributed by atoms with Crippen molar-refractivity contribution in [2.24, 2.45) is 0 Å². The Labute approximate surface area is 179 Å². The zero-order valence-electron chi connectivity index (χ0n) is 17.9. The summed E-state index contributed by atoms with van der Waals surface area (Å²) < 4.78 is 11.2. The van der Waals surface area contributed by atoms with Crippen LogP contribution >= 0.6 is 0 Å². The lowest BCUT2D eigenvalue weighted by atomic mass is 10.1. The van der Waals surface area contributed by atoms with Gasteiger partial charge in [0.2, 0.25) is 0 Å². The van der Waals surface area contributed by atoms with E-state index in [-0.39, 0.29) is 12.0 Å². The van der Waals surface area contributed by atoms with Gasteiger partial charge in [-0.05, 0) is 43.2 Å². The number of nitrogens with zero attached hydrogens (tertiary/aromatic N) is 1. The van der Waals surface area contributed by atoms with Crippen molar-refractivity contribution in [3.63, 3.8) is 0 Å². The van der Waals surface area contributed by atoms with Crippen LogP contribution in [0.1, 0.15) is 40.9 Å². The Bertz CT molecular complexity index is 898. The van der Waals surface area contributed by atoms with Crippen molar-refractivity contribution in [3.8, 4) is 5.75 Å². The first-order valence-electron chi connectivity index (χ1n) is 10.2. The zero-order valence-corrected chi connectivity index (χ0v) is 17.9. The third kappa shape index (κ3) is 5.94. The molecule has 0 heterocycles. The third-order valence-electron chi connectivity index (χ3n) is 4.82. The van der Waals surface area contributed by atoms with Gasteiger partial charge in [-0.3, -0.25) is 4.79 Å². The number of amides is 1. The Morgan fingerprint density at radius 3 is 1.93 bits per heavy atom. The highest BCUT2D eigenvalue weighted by Gasteiger charge is 2.19. The van der Waals surface area contributed by atoms with Gasteiger partial charge in [0, 0.05) is 24.2 Å². The van der Waals surface area contributed by atoms with Crippen LogP contribution in [0.5, 0.6) is 5.75 Å². The standard InChI is InChI=1S/C26H29NO3/c1-20(2)30-19-24-16-23(14-15-25(24)29-3)26(28)27(17-21-10-6-4-7-11-21)18-22-12-8-5-9-13-22/h4-16,20H,17-19H2,1-3H3. The van der Waals surface area contributed by atoms with Crippen molar-refractivity contribution >= 4 is 5.91 Å². The van der Waals surface area contributed by atoms with Crippen molar-refractivity contribution in [1.82, 2.24) is 4.90 Å². The Morgan fingerprint density at radius 2 is 1.43 bits per heavy atom. The summed E-state index contributed by atoms with van der Waals surface area (Å²) in [5.41, 5.74) is 3.69. The number of rotatable bonds is 9. The van der Waals surface area contributed by atoms with Crippen LogP contribution in [0.25, 0.3) is 0 Å². The summed E-state index contributed by atoms with van der Waals surface area (Å²) in [6.45, 7) is 5.46. The van der Waals surface area contributed by atoms with E-state index in [1.807, 2.05) is 97.6 Å². The fraction of sp³-hybridized carbons (Fsp3) is 0.269. The lowest BCUT2D eigenvalue weighted by Gasteiger charge is -2.24. The number of hydrogen-bond donors (Lipinski definition) is 0. The molecule has 0 fully saturated rings. The topological polar surface area (TPSA) is 38.8 Å². The highest BCUT2D eigenvalue weighted by Crippen LogP contribution is 2.23. The summed E-state index contributed by atoms with van der Waals surface area (Å²) >= 11 is 0. The summed E-state index contributed by atoms with van der Waals surface area (Å²) in [5, 5.41) is 0. The Kier molecular flexibility index (Phi) is 7.63. The van der Waals surface area contributed by atoms with Gasteiger partial charge in [0.25, 0.3) is 5.91 Å². The van der Waals surface area contributed by atoms with E-state index in [4.69, 9.17) is 9.47 Å². The van der Waals surface area contributed by atoms with Crippen LogP contribution in [0, 0.1) is 0 Å². The summed E-state index contributed by atoms with van der Waals surface area (Å²) in [6.07, 6.45) is 0.0988. The van der Waals surface area contributed by atoms with Crippen molar-refractivity contribution in [2.75, 3.05) is 7.11 Å². The molecule has 0 aromatic heterocycles. The predicted octanol–water partition coefficient (Wildman–Crippen LogP) is 5.46. The smallest absolute Gasteiger partial charge is 0.254 e. The molecule has 3 aromatic rings. The minimum absolute atomic E-state index is 0.0174. The van der Waals surface area contributed by atoms with Crippen LogP contribution in [0.3, 0.4) is 0 Å². The van der Waals surface area contributed by atoms with E-state index in [1.54, 1.807) is 7.11 Å². The van der Waals surface area contributed by atoms with Crippen LogP contribution in [0.2, 0.25) is 0 Å². The number of hydrogen-bond acceptors (Lipinski definition) is 3. The van der Waals surface area contributed by atoms with Gasteiger partial charge >= 0.3 is 0 Å². The first-order chi connectivity index (χ1) is 14.6. The van der Waals surface area contributed by atoms with E-state index < -0.39 is 0 Å². The summed E-state index contributed by atoms with van der Waals surface area (Å²) in [7, 11) is 1.63. The predicted molar refractivity (Wildman–Crippen MR) is 119 cm³/mol. The lowest BCUT2D eigenvalue weighted by molar-refractivity contribution is 0.0642. The average Bonchev–Trinajstić information content (AvgIpc) is 2.78. The lowest BCUT2D eigenvalue weighted by Crippen LogP contribution is -2.30. The second-order valence-electron chi connectivity index (χ2n) is 7.52. The minimum Gasteiger partial charge on any atom is -0.496 e. The largest absolute Gasteiger partial charge is 0.496 e. The summed E-state index contributed by atoms with van der Waals surface area (Å²) in [6, 6.07) is 25.7. The molecule has 0 atom stereocenters. The van der Waals surface area contributed by atoms with Gasteiger partial charge in [0.15, 0.2) is 0 Å². The first kappa shape index (κ1) is 21.6. The molecule has 0 radical (unpaired) electrons. The second-order valence-corrected chi connectivity index (χ2v) is 7.52. The Balaban J connectivity index is 1.88. The fourth-order valence-corrected chi connectivity index (χ4v) is 3.27. The van der Waals surface area contributed by atoms with Crippen molar-refractivity contribution in [3.05, 3.63) is 101 Å². The average molecular weight is 404 g/mol. The van der Waals surface area contributed by atoms with E-state index >= 15 is 0 Å². The normalized spacial score (nSPS) is 10.8. The van der Waals surface area contributed by atoms with Crippen LogP contribution in [0.15, 0.2) is 78.9 Å². The molecule has 30 heavy (non-hydrogen) atoms. The van der Waals surface area contributed by atoms with Crippen molar-refractivity contribution in [2.45, 2.75) is 39.6 Å². The molecule has 0 N–H and O–H groups in total. The third-order valence-corrected chi connectivity index (χ3v) is 4.82. The van der Waals surface area contributed by atoms with Crippen LogP contribution < -0.4 is 4.74 Å². The number of carbonyl (C=O) groups excluding carboxylic acids is 1. The molecule has 3 rings (SSSR count). The molecular weight excluding hydrogens is 374 g/mol. The molecule has 156 valence electrons. The van der Waals surface area contributed by atoms with Gasteiger partial charge in [0.05, 0.1) is 19.8 Å². The molecular formula is C26H29NO3. The molecule has 3 aromatic carbocycles. The second kappa shape index (κ2) is 10.6. The monoisotopic (exact) mass is 403 g/mol. The molecule has 0 bridgehead atoms. The maximum Gasteiger partial charge on any atom is 0.254 e. The fourth-order valence-electron chi connectivity index (χ4n) is 3.27. The molecule has 4 nitrogen and oxygen atoms in total. The van der Waals surface area contributed by atoms with Gasteiger partial charge in [0.1, 0.15) is 5.75 Å². The number of methoxy groups -OCH3 is 1. The summed E-state index contributed by atoms with van der Waals surface area (Å²) in [5.74, 6) is 0.709. The molecule has 0 spiro atoms. The van der Waals surface area contributed by atoms with E-state index in [9.17, 15) is 4.79 Å². The Morgan fingerprint density at radius 1 is 0.867 bits per heavy atom. The van der Waals surface area contributed by atoms with Crippen LogP contribution in [0.4, 0.5) is 0 Å². The quantitative estimate of drug-likeness (QED) is 0.476. The Hall–Kier alpha value is -3.11. The first-order valence-corrected chi connectivity index (χ1v) is 10.2. The maximum absolute atomic E-state index is 13.5. The van der Waals surface area contributed by atoms with E-state index in [0.717, 1.165) is 22.4 Å². The van der Waals surface area contributed by atoms with E-state index in [0.29, 0.717) is 25.3 Å². The molecule has 1 amide bonds. The highest BCUT2D eigenvalue weighted by atomic mass is 16.5. The van der Waals surface area contributed by atoms with Crippen LogP contribution in [-0.4, -0.2) is 24.0 Å².